The van der Waals surface area contributed by atoms with Crippen LogP contribution in [0.3, 0.4) is 0 Å². The van der Waals surface area contributed by atoms with Gasteiger partial charge in [-0.2, -0.15) is 0 Å². The van der Waals surface area contributed by atoms with E-state index in [1.54, 1.807) is 42.5 Å². The molecular weight excluding hydrogens is 586 g/mol. The number of amides is 2. The van der Waals surface area contributed by atoms with Crippen molar-refractivity contribution in [3.05, 3.63) is 120 Å². The molecule has 0 aliphatic heterocycles. The topological polar surface area (TPSA) is 96.0 Å². The van der Waals surface area contributed by atoms with Crippen LogP contribution < -0.4 is 14.4 Å². The Hall–Kier alpha value is -4.63. The standard InChI is InChI=1S/C36H41N3O5S/c1-6-33(35(41)37-36(3,4)5)38(25-28-19-17-27(2)18-20-28)34(40)26-39(45(42,43)32-15-11-8-12-16-32)29-21-23-31(24-22-29)44-30-13-9-7-10-14-30/h7-24,33H,6,25-26H2,1-5H3,(H,37,41). The van der Waals surface area contributed by atoms with E-state index >= 15 is 0 Å². The zero-order valence-corrected chi connectivity index (χ0v) is 27.3. The van der Waals surface area contributed by atoms with Crippen LogP contribution in [-0.4, -0.2) is 43.3 Å². The fourth-order valence-electron chi connectivity index (χ4n) is 4.82. The number of ether oxygens (including phenoxy) is 1. The van der Waals surface area contributed by atoms with E-state index in [9.17, 15) is 18.0 Å². The lowest BCUT2D eigenvalue weighted by atomic mass is 10.1. The number of anilines is 1. The predicted octanol–water partition coefficient (Wildman–Crippen LogP) is 6.70. The highest BCUT2D eigenvalue weighted by molar-refractivity contribution is 7.92. The van der Waals surface area contributed by atoms with Crippen molar-refractivity contribution >= 4 is 27.5 Å². The molecule has 4 aromatic carbocycles. The van der Waals surface area contributed by atoms with Crippen LogP contribution in [0.4, 0.5) is 5.69 Å². The highest BCUT2D eigenvalue weighted by Gasteiger charge is 2.34. The number of para-hydroxylation sites is 1. The SMILES string of the molecule is CCC(C(=O)NC(C)(C)C)N(Cc1ccc(C)cc1)C(=O)CN(c1ccc(Oc2ccccc2)cc1)S(=O)(=O)c1ccccc1. The number of benzene rings is 4. The number of nitrogens with zero attached hydrogens (tertiary/aromatic N) is 2. The Morgan fingerprint density at radius 3 is 1.91 bits per heavy atom. The van der Waals surface area contributed by atoms with Gasteiger partial charge in [-0.1, -0.05) is 73.2 Å². The van der Waals surface area contributed by atoms with Crippen LogP contribution in [0.5, 0.6) is 11.5 Å². The highest BCUT2D eigenvalue weighted by Crippen LogP contribution is 2.29. The molecule has 0 fully saturated rings. The number of aryl methyl sites for hydroxylation is 1. The molecule has 0 saturated carbocycles. The monoisotopic (exact) mass is 627 g/mol. The first-order valence-corrected chi connectivity index (χ1v) is 16.4. The quantitative estimate of drug-likeness (QED) is 0.189. The van der Waals surface area contributed by atoms with Crippen LogP contribution in [0.25, 0.3) is 0 Å². The predicted molar refractivity (Wildman–Crippen MR) is 178 cm³/mol. The third-order valence-electron chi connectivity index (χ3n) is 7.07. The molecule has 0 saturated heterocycles. The van der Waals surface area contributed by atoms with Gasteiger partial charge in [-0.05, 0) is 88.2 Å². The van der Waals surface area contributed by atoms with Crippen molar-refractivity contribution in [1.29, 1.82) is 0 Å². The fraction of sp³-hybridized carbons (Fsp3) is 0.278. The molecule has 0 bridgehead atoms. The first-order chi connectivity index (χ1) is 21.4. The molecule has 9 heteroatoms. The summed E-state index contributed by atoms with van der Waals surface area (Å²) >= 11 is 0. The third-order valence-corrected chi connectivity index (χ3v) is 8.86. The third kappa shape index (κ3) is 8.95. The van der Waals surface area contributed by atoms with Gasteiger partial charge in [-0.3, -0.25) is 13.9 Å². The fourth-order valence-corrected chi connectivity index (χ4v) is 6.25. The Bertz CT molecular complexity index is 1670. The normalized spacial score (nSPS) is 12.2. The highest BCUT2D eigenvalue weighted by atomic mass is 32.2. The van der Waals surface area contributed by atoms with Crippen molar-refractivity contribution in [3.8, 4) is 11.5 Å². The second-order valence-electron chi connectivity index (χ2n) is 11.9. The van der Waals surface area contributed by atoms with Crippen molar-refractivity contribution in [2.45, 2.75) is 64.1 Å². The number of carbonyl (C=O) groups excluding carboxylic acids is 2. The smallest absolute Gasteiger partial charge is 0.264 e. The molecule has 236 valence electrons. The number of rotatable bonds is 12. The maximum Gasteiger partial charge on any atom is 0.264 e. The summed E-state index contributed by atoms with van der Waals surface area (Å²) in [4.78, 5) is 29.3. The Labute approximate surface area is 266 Å². The molecule has 0 aliphatic rings. The number of carbonyl (C=O) groups is 2. The van der Waals surface area contributed by atoms with Gasteiger partial charge in [0.15, 0.2) is 0 Å². The summed E-state index contributed by atoms with van der Waals surface area (Å²) in [5.41, 5.74) is 1.66. The number of nitrogens with one attached hydrogen (secondary N) is 1. The second-order valence-corrected chi connectivity index (χ2v) is 13.8. The van der Waals surface area contributed by atoms with Crippen molar-refractivity contribution in [2.24, 2.45) is 0 Å². The molecule has 2 amide bonds. The van der Waals surface area contributed by atoms with E-state index in [0.717, 1.165) is 15.4 Å². The van der Waals surface area contributed by atoms with Crippen molar-refractivity contribution < 1.29 is 22.7 Å². The average Bonchev–Trinajstić information content (AvgIpc) is 3.01. The molecule has 4 aromatic rings. The molecule has 8 nitrogen and oxygen atoms in total. The van der Waals surface area contributed by atoms with Crippen LogP contribution in [0, 0.1) is 6.92 Å². The lowest BCUT2D eigenvalue weighted by Crippen LogP contribution is -2.55. The molecule has 0 radical (unpaired) electrons. The van der Waals surface area contributed by atoms with Gasteiger partial charge in [0.25, 0.3) is 10.0 Å². The van der Waals surface area contributed by atoms with E-state index in [-0.39, 0.29) is 23.0 Å². The molecule has 0 aromatic heterocycles. The molecule has 1 N–H and O–H groups in total. The Morgan fingerprint density at radius 1 is 0.800 bits per heavy atom. The summed E-state index contributed by atoms with van der Waals surface area (Å²) in [7, 11) is -4.17. The molecular formula is C36H41N3O5S. The van der Waals surface area contributed by atoms with E-state index in [1.165, 1.54) is 17.0 Å². The molecule has 45 heavy (non-hydrogen) atoms. The Morgan fingerprint density at radius 2 is 1.36 bits per heavy atom. The summed E-state index contributed by atoms with van der Waals surface area (Å²) in [6.07, 6.45) is 0.344. The van der Waals surface area contributed by atoms with Crippen LogP contribution in [0.2, 0.25) is 0 Å². The summed E-state index contributed by atoms with van der Waals surface area (Å²) in [5.74, 6) is 0.347. The minimum Gasteiger partial charge on any atom is -0.457 e. The first-order valence-electron chi connectivity index (χ1n) is 14.9. The first kappa shape index (κ1) is 33.3. The van der Waals surface area contributed by atoms with Gasteiger partial charge in [0, 0.05) is 12.1 Å². The zero-order chi connectivity index (χ0) is 32.6. The van der Waals surface area contributed by atoms with E-state index in [0.29, 0.717) is 17.9 Å². The van der Waals surface area contributed by atoms with Crippen LogP contribution in [0.15, 0.2) is 114 Å². The molecule has 4 rings (SSSR count). The summed E-state index contributed by atoms with van der Waals surface area (Å²) in [6.45, 7) is 9.07. The van der Waals surface area contributed by atoms with Gasteiger partial charge in [-0.15, -0.1) is 0 Å². The number of hydrogen-bond donors (Lipinski definition) is 1. The van der Waals surface area contributed by atoms with Gasteiger partial charge in [0.05, 0.1) is 10.6 Å². The minimum absolute atomic E-state index is 0.0463. The maximum atomic E-state index is 14.3. The van der Waals surface area contributed by atoms with Gasteiger partial charge in [-0.25, -0.2) is 8.42 Å². The summed E-state index contributed by atoms with van der Waals surface area (Å²) in [6, 6.07) is 30.7. The Balaban J connectivity index is 1.72. The van der Waals surface area contributed by atoms with Gasteiger partial charge in [0.1, 0.15) is 24.1 Å². The zero-order valence-electron chi connectivity index (χ0n) is 26.4. The number of hydrogen-bond acceptors (Lipinski definition) is 5. The molecule has 1 atom stereocenters. The average molecular weight is 628 g/mol. The molecule has 1 unspecified atom stereocenters. The van der Waals surface area contributed by atoms with Crippen LogP contribution in [-0.2, 0) is 26.2 Å². The Kier molecular flexibility index (Phi) is 10.7. The van der Waals surface area contributed by atoms with Crippen molar-refractivity contribution in [2.75, 3.05) is 10.8 Å². The van der Waals surface area contributed by atoms with Gasteiger partial charge < -0.3 is 15.0 Å². The lowest BCUT2D eigenvalue weighted by molar-refractivity contribution is -0.141. The van der Waals surface area contributed by atoms with E-state index in [2.05, 4.69) is 5.32 Å². The van der Waals surface area contributed by atoms with E-state index in [4.69, 9.17) is 4.74 Å². The maximum absolute atomic E-state index is 14.3. The van der Waals surface area contributed by atoms with Crippen molar-refractivity contribution in [1.82, 2.24) is 10.2 Å². The van der Waals surface area contributed by atoms with Crippen molar-refractivity contribution in [3.63, 3.8) is 0 Å². The van der Waals surface area contributed by atoms with E-state index < -0.39 is 34.1 Å². The molecule has 0 aliphatic carbocycles. The lowest BCUT2D eigenvalue weighted by Gasteiger charge is -2.34. The summed E-state index contributed by atoms with van der Waals surface area (Å²) in [5, 5.41) is 2.99. The summed E-state index contributed by atoms with van der Waals surface area (Å²) < 4.78 is 35.1. The van der Waals surface area contributed by atoms with E-state index in [1.807, 2.05) is 89.2 Å². The van der Waals surface area contributed by atoms with Gasteiger partial charge >= 0.3 is 0 Å². The second kappa shape index (κ2) is 14.4. The largest absolute Gasteiger partial charge is 0.457 e. The minimum atomic E-state index is -4.17. The van der Waals surface area contributed by atoms with Crippen LogP contribution in [0.1, 0.15) is 45.2 Å². The number of sulfonamides is 1. The van der Waals surface area contributed by atoms with Crippen LogP contribution >= 0.6 is 0 Å². The molecule has 0 heterocycles. The van der Waals surface area contributed by atoms with Gasteiger partial charge in [0.2, 0.25) is 11.8 Å². The molecule has 0 spiro atoms.